The van der Waals surface area contributed by atoms with Crippen molar-refractivity contribution in [1.82, 2.24) is 15.1 Å². The lowest BCUT2D eigenvalue weighted by molar-refractivity contribution is -0.0884. The standard InChI is InChI=1S/C27H37F4N3OS/c1-9-13-20(15-21(14-10-2)27(29,30)31)25(17(5)11-3)36-24(12-4)19(7)32-26(35)23-16-22(18(6)28)33-34(23)8/h9,12-16,18-19H,10-11H2,1-8H3,(H,32,35)/b13-9-,20-15+,21-14-,24-12-,25-17?. The van der Waals surface area contributed by atoms with E-state index in [1.807, 2.05) is 26.8 Å². The Bertz CT molecular complexity index is 1060. The fraction of sp³-hybridized carbons (Fsp3) is 0.481. The van der Waals surface area contributed by atoms with E-state index < -0.39 is 29.9 Å². The van der Waals surface area contributed by atoms with Crippen molar-refractivity contribution < 1.29 is 22.4 Å². The molecule has 0 fully saturated rings. The van der Waals surface area contributed by atoms with E-state index in [1.165, 1.54) is 41.6 Å². The Morgan fingerprint density at radius 1 is 1.25 bits per heavy atom. The second-order valence-electron chi connectivity index (χ2n) is 8.31. The second-order valence-corrected chi connectivity index (χ2v) is 9.39. The van der Waals surface area contributed by atoms with E-state index in [0.717, 1.165) is 10.5 Å². The highest BCUT2D eigenvalue weighted by molar-refractivity contribution is 8.07. The normalized spacial score (nSPS) is 16.3. The largest absolute Gasteiger partial charge is 0.416 e. The molecule has 0 saturated heterocycles. The fourth-order valence-electron chi connectivity index (χ4n) is 3.32. The maximum atomic E-state index is 13.7. The molecule has 1 amide bonds. The molecule has 0 bridgehead atoms. The zero-order valence-electron chi connectivity index (χ0n) is 22.3. The third-order valence-corrected chi connectivity index (χ3v) is 7.02. The van der Waals surface area contributed by atoms with Crippen LogP contribution in [-0.2, 0) is 7.05 Å². The van der Waals surface area contributed by atoms with Gasteiger partial charge < -0.3 is 5.32 Å². The number of carbonyl (C=O) groups excluding carboxylic acids is 1. The van der Waals surface area contributed by atoms with Crippen molar-refractivity contribution in [3.05, 3.63) is 74.4 Å². The number of amides is 1. The van der Waals surface area contributed by atoms with Crippen LogP contribution < -0.4 is 5.32 Å². The van der Waals surface area contributed by atoms with Crippen LogP contribution in [0.25, 0.3) is 0 Å². The molecule has 0 aliphatic carbocycles. The van der Waals surface area contributed by atoms with Gasteiger partial charge in [-0.3, -0.25) is 9.48 Å². The molecule has 0 aromatic carbocycles. The molecule has 2 unspecified atom stereocenters. The van der Waals surface area contributed by atoms with Crippen molar-refractivity contribution in [3.63, 3.8) is 0 Å². The van der Waals surface area contributed by atoms with Crippen molar-refractivity contribution in [3.8, 4) is 0 Å². The van der Waals surface area contributed by atoms with Crippen LogP contribution >= 0.6 is 11.8 Å². The number of nitrogens with one attached hydrogen (secondary N) is 1. The van der Waals surface area contributed by atoms with E-state index in [2.05, 4.69) is 10.4 Å². The molecule has 36 heavy (non-hydrogen) atoms. The zero-order valence-corrected chi connectivity index (χ0v) is 23.1. The Balaban J connectivity index is 3.36. The number of alkyl halides is 4. The molecule has 1 aromatic heterocycles. The summed E-state index contributed by atoms with van der Waals surface area (Å²) in [5, 5.41) is 6.93. The molecular formula is C27H37F4N3OS. The maximum Gasteiger partial charge on any atom is 0.416 e. The monoisotopic (exact) mass is 527 g/mol. The zero-order chi connectivity index (χ0) is 27.6. The SMILES string of the molecule is C\C=C/C(=C\C(=C\CC)C(F)(F)F)C(S/C(=C\C)C(C)NC(=O)c1cc(C(C)F)nn1C)=C(C)CC. The Morgan fingerprint density at radius 2 is 1.89 bits per heavy atom. The number of aryl methyl sites for hydroxylation is 1. The molecule has 0 radical (unpaired) electrons. The first-order valence-electron chi connectivity index (χ1n) is 11.9. The van der Waals surface area contributed by atoms with E-state index in [-0.39, 0.29) is 17.8 Å². The van der Waals surface area contributed by atoms with E-state index in [4.69, 9.17) is 0 Å². The molecule has 1 aromatic rings. The summed E-state index contributed by atoms with van der Waals surface area (Å²) in [4.78, 5) is 14.3. The molecule has 9 heteroatoms. The van der Waals surface area contributed by atoms with Crippen molar-refractivity contribution >= 4 is 17.7 Å². The van der Waals surface area contributed by atoms with Crippen molar-refractivity contribution in [2.24, 2.45) is 7.05 Å². The number of hydrogen-bond acceptors (Lipinski definition) is 3. The summed E-state index contributed by atoms with van der Waals surface area (Å²) in [5.41, 5.74) is 1.06. The molecule has 1 N–H and O–H groups in total. The Labute approximate surface area is 216 Å². The van der Waals surface area contributed by atoms with Crippen molar-refractivity contribution in [2.45, 2.75) is 79.7 Å². The number of aromatic nitrogens is 2. The maximum absolute atomic E-state index is 13.7. The van der Waals surface area contributed by atoms with Gasteiger partial charge in [-0.1, -0.05) is 55.5 Å². The van der Waals surface area contributed by atoms with Crippen LogP contribution in [0.1, 0.15) is 83.7 Å². The minimum absolute atomic E-state index is 0.168. The predicted molar refractivity (Wildman–Crippen MR) is 141 cm³/mol. The van der Waals surface area contributed by atoms with Crippen LogP contribution in [0.3, 0.4) is 0 Å². The average Bonchev–Trinajstić information content (AvgIpc) is 3.20. The lowest BCUT2D eigenvalue weighted by Crippen LogP contribution is -2.34. The van der Waals surface area contributed by atoms with E-state index in [9.17, 15) is 22.4 Å². The van der Waals surface area contributed by atoms with Crippen LogP contribution in [0, 0.1) is 0 Å². The Hall–Kier alpha value is -2.55. The number of carbonyl (C=O) groups is 1. The minimum atomic E-state index is -4.47. The van der Waals surface area contributed by atoms with Gasteiger partial charge in [0.25, 0.3) is 5.91 Å². The average molecular weight is 528 g/mol. The van der Waals surface area contributed by atoms with Gasteiger partial charge in [-0.2, -0.15) is 18.3 Å². The summed E-state index contributed by atoms with van der Waals surface area (Å²) in [7, 11) is 1.57. The topological polar surface area (TPSA) is 46.9 Å². The molecule has 1 rings (SSSR count). The number of nitrogens with zero attached hydrogens (tertiary/aromatic N) is 2. The first kappa shape index (κ1) is 31.5. The summed E-state index contributed by atoms with van der Waals surface area (Å²) in [5.74, 6) is -0.420. The first-order valence-corrected chi connectivity index (χ1v) is 12.8. The van der Waals surface area contributed by atoms with Gasteiger partial charge in [0.15, 0.2) is 0 Å². The number of allylic oxidation sites excluding steroid dienone is 8. The van der Waals surface area contributed by atoms with Gasteiger partial charge in [-0.15, -0.1) is 0 Å². The molecule has 0 saturated carbocycles. The summed E-state index contributed by atoms with van der Waals surface area (Å²) < 4.78 is 55.9. The smallest absolute Gasteiger partial charge is 0.344 e. The molecule has 4 nitrogen and oxygen atoms in total. The second kappa shape index (κ2) is 14.3. The van der Waals surface area contributed by atoms with Gasteiger partial charge in [0.05, 0.1) is 17.3 Å². The summed E-state index contributed by atoms with van der Waals surface area (Å²) in [6.45, 7) is 12.2. The highest BCUT2D eigenvalue weighted by atomic mass is 32.2. The van der Waals surface area contributed by atoms with Gasteiger partial charge in [0.2, 0.25) is 0 Å². The van der Waals surface area contributed by atoms with Crippen LogP contribution in [0.4, 0.5) is 17.6 Å². The van der Waals surface area contributed by atoms with E-state index in [1.54, 1.807) is 40.0 Å². The van der Waals surface area contributed by atoms with Gasteiger partial charge >= 0.3 is 6.18 Å². The van der Waals surface area contributed by atoms with E-state index in [0.29, 0.717) is 16.9 Å². The summed E-state index contributed by atoms with van der Waals surface area (Å²) in [6.07, 6.45) is 2.69. The summed E-state index contributed by atoms with van der Waals surface area (Å²) >= 11 is 1.33. The molecule has 1 heterocycles. The molecular weight excluding hydrogens is 490 g/mol. The van der Waals surface area contributed by atoms with Crippen molar-refractivity contribution in [2.75, 3.05) is 0 Å². The fourth-order valence-corrected chi connectivity index (χ4v) is 4.47. The molecule has 0 spiro atoms. The molecule has 200 valence electrons. The van der Waals surface area contributed by atoms with Gasteiger partial charge in [0, 0.05) is 16.9 Å². The first-order chi connectivity index (χ1) is 16.8. The van der Waals surface area contributed by atoms with Crippen LogP contribution in [-0.4, -0.2) is 27.9 Å². The third kappa shape index (κ3) is 8.84. The van der Waals surface area contributed by atoms with Crippen LogP contribution in [0.5, 0.6) is 0 Å². The molecule has 2 atom stereocenters. The number of halogens is 4. The number of thioether (sulfide) groups is 1. The van der Waals surface area contributed by atoms with Gasteiger partial charge in [-0.05, 0) is 65.2 Å². The van der Waals surface area contributed by atoms with Gasteiger partial charge in [0.1, 0.15) is 11.9 Å². The predicted octanol–water partition coefficient (Wildman–Crippen LogP) is 8.29. The van der Waals surface area contributed by atoms with Crippen LogP contribution in [0.15, 0.2) is 63.0 Å². The number of hydrogen-bond donors (Lipinski definition) is 1. The minimum Gasteiger partial charge on any atom is -0.344 e. The Morgan fingerprint density at radius 3 is 2.33 bits per heavy atom. The highest BCUT2D eigenvalue weighted by Gasteiger charge is 2.32. The summed E-state index contributed by atoms with van der Waals surface area (Å²) in [6, 6.07) is 0.960. The lowest BCUT2D eigenvalue weighted by atomic mass is 10.1. The third-order valence-electron chi connectivity index (χ3n) is 5.41. The van der Waals surface area contributed by atoms with E-state index >= 15 is 0 Å². The molecule has 0 aliphatic heterocycles. The van der Waals surface area contributed by atoms with Gasteiger partial charge in [-0.25, -0.2) is 4.39 Å². The quantitative estimate of drug-likeness (QED) is 0.233. The molecule has 0 aliphatic rings. The van der Waals surface area contributed by atoms with Crippen LogP contribution in [0.2, 0.25) is 0 Å². The lowest BCUT2D eigenvalue weighted by Gasteiger charge is -2.21. The van der Waals surface area contributed by atoms with Crippen molar-refractivity contribution in [1.29, 1.82) is 0 Å². The number of rotatable bonds is 11. The Kier molecular flexibility index (Phi) is 12.5. The highest BCUT2D eigenvalue weighted by Crippen LogP contribution is 2.39.